The average molecular weight is 1420 g/mol. The molecule has 0 saturated heterocycles. The fourth-order valence-corrected chi connectivity index (χ4v) is 13.0. The SMILES string of the molecule is CCCCCC/C=C\C=C/CCCCCCCC(=O)OC[C@H](COP(=O)(O)OC[C@@H](O)COP(=O)(O)OC[C@@H](COC(=O)CCCCCCCCCCCC)OC(=O)CCCCCCCCC(C)CC)OC(=O)CCCCCCCCCCCCCCCCCCCCC(C)CC. The van der Waals surface area contributed by atoms with Gasteiger partial charge in [0.2, 0.25) is 0 Å². The van der Waals surface area contributed by atoms with E-state index >= 15 is 0 Å². The summed E-state index contributed by atoms with van der Waals surface area (Å²) in [5, 5.41) is 10.6. The predicted molar refractivity (Wildman–Crippen MR) is 395 cm³/mol. The number of ether oxygens (including phenoxy) is 4. The number of phosphoric acid groups is 2. The molecule has 3 N–H and O–H groups in total. The first-order valence-corrected chi connectivity index (χ1v) is 42.9. The van der Waals surface area contributed by atoms with Crippen molar-refractivity contribution in [3.8, 4) is 0 Å². The lowest BCUT2D eigenvalue weighted by Gasteiger charge is -2.21. The highest BCUT2D eigenvalue weighted by molar-refractivity contribution is 7.47. The molecule has 0 heterocycles. The summed E-state index contributed by atoms with van der Waals surface area (Å²) < 4.78 is 68.5. The van der Waals surface area contributed by atoms with Crippen molar-refractivity contribution in [2.24, 2.45) is 11.8 Å². The molecule has 0 saturated carbocycles. The largest absolute Gasteiger partial charge is 0.472 e. The average Bonchev–Trinajstić information content (AvgIpc) is 1.86. The molecule has 572 valence electrons. The third kappa shape index (κ3) is 69.1. The summed E-state index contributed by atoms with van der Waals surface area (Å²) in [6.45, 7) is 9.54. The quantitative estimate of drug-likeness (QED) is 0.0169. The zero-order valence-electron chi connectivity index (χ0n) is 62.9. The molecule has 0 aliphatic rings. The first kappa shape index (κ1) is 94.5. The van der Waals surface area contributed by atoms with Crippen LogP contribution in [0.2, 0.25) is 0 Å². The second-order valence-corrected chi connectivity index (χ2v) is 30.8. The lowest BCUT2D eigenvalue weighted by molar-refractivity contribution is -0.161. The minimum Gasteiger partial charge on any atom is -0.462 e. The molecule has 0 rings (SSSR count). The van der Waals surface area contributed by atoms with Gasteiger partial charge in [0.15, 0.2) is 12.2 Å². The van der Waals surface area contributed by atoms with Crippen LogP contribution < -0.4 is 0 Å². The summed E-state index contributed by atoms with van der Waals surface area (Å²) >= 11 is 0. The van der Waals surface area contributed by atoms with Gasteiger partial charge < -0.3 is 33.8 Å². The first-order valence-electron chi connectivity index (χ1n) is 39.9. The van der Waals surface area contributed by atoms with Crippen molar-refractivity contribution in [2.45, 2.75) is 400 Å². The molecule has 0 aliphatic heterocycles. The van der Waals surface area contributed by atoms with E-state index in [9.17, 15) is 43.2 Å². The number of hydrogen-bond donors (Lipinski definition) is 3. The molecular formula is C78H148O17P2. The molecule has 0 amide bonds. The van der Waals surface area contributed by atoms with E-state index in [1.165, 1.54) is 180 Å². The molecule has 97 heavy (non-hydrogen) atoms. The van der Waals surface area contributed by atoms with Crippen molar-refractivity contribution in [3.63, 3.8) is 0 Å². The van der Waals surface area contributed by atoms with E-state index in [0.29, 0.717) is 25.7 Å². The summed E-state index contributed by atoms with van der Waals surface area (Å²) in [6.07, 6.45) is 60.6. The van der Waals surface area contributed by atoms with Crippen molar-refractivity contribution in [2.75, 3.05) is 39.6 Å². The maximum Gasteiger partial charge on any atom is 0.472 e. The van der Waals surface area contributed by atoms with Crippen molar-refractivity contribution >= 4 is 39.5 Å². The lowest BCUT2D eigenvalue weighted by Crippen LogP contribution is -2.30. The van der Waals surface area contributed by atoms with Crippen molar-refractivity contribution in [3.05, 3.63) is 24.3 Å². The first-order chi connectivity index (χ1) is 46.9. The van der Waals surface area contributed by atoms with Crippen LogP contribution in [0.4, 0.5) is 0 Å². The third-order valence-corrected chi connectivity index (χ3v) is 20.2. The number of aliphatic hydroxyl groups is 1. The van der Waals surface area contributed by atoms with Crippen molar-refractivity contribution < 1.29 is 80.2 Å². The molecule has 0 spiro atoms. The van der Waals surface area contributed by atoms with Gasteiger partial charge in [-0.3, -0.25) is 37.3 Å². The Kier molecular flexibility index (Phi) is 67.5. The molecule has 19 heteroatoms. The molecule has 4 unspecified atom stereocenters. The van der Waals surface area contributed by atoms with Gasteiger partial charge in [-0.05, 0) is 63.2 Å². The van der Waals surface area contributed by atoms with E-state index in [4.69, 9.17) is 37.0 Å². The number of allylic oxidation sites excluding steroid dienone is 4. The van der Waals surface area contributed by atoms with Crippen LogP contribution in [0.25, 0.3) is 0 Å². The van der Waals surface area contributed by atoms with E-state index in [1.807, 2.05) is 0 Å². The number of aliphatic hydroxyl groups excluding tert-OH is 1. The van der Waals surface area contributed by atoms with Crippen LogP contribution in [0, 0.1) is 11.8 Å². The molecule has 0 bridgehead atoms. The van der Waals surface area contributed by atoms with Gasteiger partial charge >= 0.3 is 39.5 Å². The topological polar surface area (TPSA) is 237 Å². The number of carbonyl (C=O) groups excluding carboxylic acids is 4. The highest BCUT2D eigenvalue weighted by atomic mass is 31.2. The van der Waals surface area contributed by atoms with Gasteiger partial charge in [-0.25, -0.2) is 9.13 Å². The van der Waals surface area contributed by atoms with E-state index in [2.05, 4.69) is 65.8 Å². The molecule has 0 aromatic heterocycles. The highest BCUT2D eigenvalue weighted by Gasteiger charge is 2.30. The fraction of sp³-hybridized carbons (Fsp3) is 0.897. The van der Waals surface area contributed by atoms with Crippen LogP contribution in [-0.4, -0.2) is 96.7 Å². The standard InChI is InChI=1S/C78H148O17P2/c1-7-11-13-15-17-19-21-22-27-31-34-38-42-49-55-61-76(81)88-66-73(94-77(82)62-56-50-43-39-35-32-29-26-24-23-25-28-30-33-36-40-46-52-58-70(5)9-3)68-92-96(84,85)90-64-72(79)65-91-97(86,87)93-69-74(95-78(83)63-57-51-45-44-47-53-59-71(6)10-4)67-89-75(80)60-54-48-41-37-20-18-16-14-12-8-2/h19,21-22,27,70-74,79H,7-18,20,23-26,28-69H2,1-6H3,(H,84,85)(H,86,87)/b21-19-,27-22-/t70?,71?,72-,73-,74-/m1/s1. The number of carbonyl (C=O) groups is 4. The Bertz CT molecular complexity index is 1970. The summed E-state index contributed by atoms with van der Waals surface area (Å²) in [5.41, 5.74) is 0. The smallest absolute Gasteiger partial charge is 0.462 e. The Morgan fingerprint density at radius 2 is 0.577 bits per heavy atom. The van der Waals surface area contributed by atoms with Gasteiger partial charge in [0.25, 0.3) is 0 Å². The number of esters is 4. The maximum atomic E-state index is 13.1. The molecule has 0 aliphatic carbocycles. The summed E-state index contributed by atoms with van der Waals surface area (Å²) in [6, 6.07) is 0. The van der Waals surface area contributed by atoms with Crippen LogP contribution >= 0.6 is 15.6 Å². The Morgan fingerprint density at radius 1 is 0.330 bits per heavy atom. The van der Waals surface area contributed by atoms with Crippen LogP contribution in [0.5, 0.6) is 0 Å². The number of rotatable bonds is 75. The second-order valence-electron chi connectivity index (χ2n) is 27.9. The van der Waals surface area contributed by atoms with E-state index in [-0.39, 0.29) is 25.7 Å². The van der Waals surface area contributed by atoms with Gasteiger partial charge in [-0.15, -0.1) is 0 Å². The summed E-state index contributed by atoms with van der Waals surface area (Å²) in [7, 11) is -9.92. The van der Waals surface area contributed by atoms with E-state index in [1.54, 1.807) is 0 Å². The molecule has 0 fully saturated rings. The van der Waals surface area contributed by atoms with Gasteiger partial charge in [-0.1, -0.05) is 329 Å². The Labute approximate surface area is 592 Å². The van der Waals surface area contributed by atoms with Gasteiger partial charge in [-0.2, -0.15) is 0 Å². The number of phosphoric ester groups is 2. The summed E-state index contributed by atoms with van der Waals surface area (Å²) in [4.78, 5) is 72.8. The van der Waals surface area contributed by atoms with Gasteiger partial charge in [0, 0.05) is 25.7 Å². The fourth-order valence-electron chi connectivity index (χ4n) is 11.4. The third-order valence-electron chi connectivity index (χ3n) is 18.3. The van der Waals surface area contributed by atoms with E-state index < -0.39 is 97.5 Å². The Morgan fingerprint density at radius 3 is 0.876 bits per heavy atom. The second kappa shape index (κ2) is 69.3. The zero-order valence-corrected chi connectivity index (χ0v) is 64.7. The maximum absolute atomic E-state index is 13.1. The zero-order chi connectivity index (χ0) is 71.4. The number of unbranched alkanes of at least 4 members (excludes halogenated alkanes) is 40. The van der Waals surface area contributed by atoms with Crippen LogP contribution in [0.15, 0.2) is 24.3 Å². The molecule has 0 aromatic carbocycles. The van der Waals surface area contributed by atoms with Crippen LogP contribution in [0.3, 0.4) is 0 Å². The monoisotopic (exact) mass is 1420 g/mol. The normalized spacial score (nSPS) is 14.7. The predicted octanol–water partition coefficient (Wildman–Crippen LogP) is 22.7. The van der Waals surface area contributed by atoms with Crippen molar-refractivity contribution in [1.29, 1.82) is 0 Å². The Hall–Kier alpha value is -2.46. The minimum absolute atomic E-state index is 0.101. The molecular weight excluding hydrogens is 1270 g/mol. The van der Waals surface area contributed by atoms with Gasteiger partial charge in [0.05, 0.1) is 26.4 Å². The van der Waals surface area contributed by atoms with Crippen molar-refractivity contribution in [1.82, 2.24) is 0 Å². The van der Waals surface area contributed by atoms with Crippen LogP contribution in [0.1, 0.15) is 382 Å². The summed E-state index contributed by atoms with van der Waals surface area (Å²) in [5.74, 6) is -0.560. The van der Waals surface area contributed by atoms with E-state index in [0.717, 1.165) is 121 Å². The van der Waals surface area contributed by atoms with Crippen LogP contribution in [-0.2, 0) is 65.4 Å². The van der Waals surface area contributed by atoms with Gasteiger partial charge in [0.1, 0.15) is 19.3 Å². The Balaban J connectivity index is 5.22. The number of hydrogen-bond acceptors (Lipinski definition) is 15. The molecule has 7 atom stereocenters. The highest BCUT2D eigenvalue weighted by Crippen LogP contribution is 2.45. The minimum atomic E-state index is -4.97. The molecule has 0 aromatic rings. The lowest BCUT2D eigenvalue weighted by atomic mass is 9.99. The molecule has 0 radical (unpaired) electrons. The molecule has 17 nitrogen and oxygen atoms in total.